The molecule has 0 aliphatic carbocycles. The second kappa shape index (κ2) is 10.1. The Hall–Kier alpha value is -3.64. The summed E-state index contributed by atoms with van der Waals surface area (Å²) in [5.74, 6) is -0.501. The van der Waals surface area contributed by atoms with E-state index in [-0.39, 0.29) is 11.8 Å². The van der Waals surface area contributed by atoms with Crippen LogP contribution in [-0.2, 0) is 17.7 Å². The predicted molar refractivity (Wildman–Crippen MR) is 126 cm³/mol. The van der Waals surface area contributed by atoms with Gasteiger partial charge in [0, 0.05) is 38.0 Å². The van der Waals surface area contributed by atoms with Crippen molar-refractivity contribution in [3.8, 4) is 0 Å². The lowest BCUT2D eigenvalue weighted by molar-refractivity contribution is 0.0938. The average molecular weight is 430 g/mol. The molecule has 6 heteroatoms. The number of para-hydroxylation sites is 2. The van der Waals surface area contributed by atoms with Crippen LogP contribution in [-0.4, -0.2) is 38.6 Å². The van der Waals surface area contributed by atoms with E-state index in [0.717, 1.165) is 25.1 Å². The molecule has 2 N–H and O–H groups in total. The summed E-state index contributed by atoms with van der Waals surface area (Å²) in [7, 11) is 1.58. The van der Waals surface area contributed by atoms with Crippen molar-refractivity contribution >= 4 is 23.2 Å². The van der Waals surface area contributed by atoms with Crippen molar-refractivity contribution in [2.75, 3.05) is 37.0 Å². The third-order valence-electron chi connectivity index (χ3n) is 5.58. The van der Waals surface area contributed by atoms with Crippen LogP contribution >= 0.6 is 0 Å². The molecule has 32 heavy (non-hydrogen) atoms. The maximum Gasteiger partial charge on any atom is 0.255 e. The molecule has 3 aromatic rings. The summed E-state index contributed by atoms with van der Waals surface area (Å²) in [6.07, 6.45) is 1.06. The Morgan fingerprint density at radius 3 is 2.50 bits per heavy atom. The molecule has 1 heterocycles. The van der Waals surface area contributed by atoms with E-state index in [1.807, 2.05) is 24.3 Å². The molecule has 2 amide bonds. The molecule has 0 unspecified atom stereocenters. The Labute approximate surface area is 188 Å². The van der Waals surface area contributed by atoms with Crippen molar-refractivity contribution in [2.45, 2.75) is 13.0 Å². The van der Waals surface area contributed by atoms with Gasteiger partial charge >= 0.3 is 0 Å². The van der Waals surface area contributed by atoms with Crippen molar-refractivity contribution in [3.05, 3.63) is 95.1 Å². The maximum atomic E-state index is 12.8. The molecule has 0 saturated carbocycles. The molecule has 0 atom stereocenters. The normalized spacial score (nSPS) is 12.3. The summed E-state index contributed by atoms with van der Waals surface area (Å²) in [4.78, 5) is 27.6. The van der Waals surface area contributed by atoms with E-state index in [4.69, 9.17) is 4.74 Å². The standard InChI is InChI=1S/C26H27N3O3/c1-32-17-15-27-26(31)22-7-3-4-8-23(22)28-25(30)21-12-10-19(11-13-21)18-29-16-14-20-6-2-5-9-24(20)29/h2-13H,14-18H2,1H3,(H,27,31)(H,28,30). The van der Waals surface area contributed by atoms with Crippen molar-refractivity contribution in [1.29, 1.82) is 0 Å². The van der Waals surface area contributed by atoms with Crippen LogP contribution < -0.4 is 15.5 Å². The molecule has 3 aromatic carbocycles. The van der Waals surface area contributed by atoms with E-state index in [9.17, 15) is 9.59 Å². The van der Waals surface area contributed by atoms with E-state index in [0.29, 0.717) is 30.0 Å². The number of nitrogens with one attached hydrogen (secondary N) is 2. The minimum atomic E-state index is -0.251. The summed E-state index contributed by atoms with van der Waals surface area (Å²) in [6.45, 7) is 2.64. The van der Waals surface area contributed by atoms with Crippen LogP contribution in [0.4, 0.5) is 11.4 Å². The zero-order chi connectivity index (χ0) is 22.3. The van der Waals surface area contributed by atoms with Gasteiger partial charge in [-0.1, -0.05) is 42.5 Å². The third-order valence-corrected chi connectivity index (χ3v) is 5.58. The highest BCUT2D eigenvalue weighted by molar-refractivity contribution is 6.09. The largest absolute Gasteiger partial charge is 0.383 e. The maximum absolute atomic E-state index is 12.8. The molecule has 164 valence electrons. The number of fused-ring (bicyclic) bond motifs is 1. The van der Waals surface area contributed by atoms with Gasteiger partial charge in [-0.3, -0.25) is 9.59 Å². The molecule has 4 rings (SSSR count). The van der Waals surface area contributed by atoms with Gasteiger partial charge in [-0.25, -0.2) is 0 Å². The number of rotatable bonds is 8. The van der Waals surface area contributed by atoms with Gasteiger partial charge in [-0.15, -0.1) is 0 Å². The lowest BCUT2D eigenvalue weighted by Gasteiger charge is -2.19. The van der Waals surface area contributed by atoms with Gasteiger partial charge in [-0.2, -0.15) is 0 Å². The fraction of sp³-hybridized carbons (Fsp3) is 0.231. The molecule has 6 nitrogen and oxygen atoms in total. The molecule has 0 saturated heterocycles. The van der Waals surface area contributed by atoms with Crippen molar-refractivity contribution in [2.24, 2.45) is 0 Å². The summed E-state index contributed by atoms with van der Waals surface area (Å²) >= 11 is 0. The summed E-state index contributed by atoms with van der Waals surface area (Å²) in [6, 6.07) is 23.1. The van der Waals surface area contributed by atoms with Gasteiger partial charge in [0.2, 0.25) is 0 Å². The van der Waals surface area contributed by atoms with E-state index in [2.05, 4.69) is 39.8 Å². The summed E-state index contributed by atoms with van der Waals surface area (Å²) < 4.78 is 4.96. The number of methoxy groups -OCH3 is 1. The molecular formula is C26H27N3O3. The van der Waals surface area contributed by atoms with Gasteiger partial charge < -0.3 is 20.3 Å². The first kappa shape index (κ1) is 21.6. The fourth-order valence-corrected chi connectivity index (χ4v) is 3.90. The summed E-state index contributed by atoms with van der Waals surface area (Å²) in [5, 5.41) is 5.64. The number of carbonyl (C=O) groups excluding carboxylic acids is 2. The van der Waals surface area contributed by atoms with Crippen LogP contribution in [0.1, 0.15) is 31.8 Å². The molecule has 0 fully saturated rings. The van der Waals surface area contributed by atoms with E-state index in [1.54, 1.807) is 31.4 Å². The zero-order valence-corrected chi connectivity index (χ0v) is 18.1. The van der Waals surface area contributed by atoms with Crippen LogP contribution in [0.2, 0.25) is 0 Å². The van der Waals surface area contributed by atoms with Crippen molar-refractivity contribution in [1.82, 2.24) is 5.32 Å². The lowest BCUT2D eigenvalue weighted by Crippen LogP contribution is -2.28. The zero-order valence-electron chi connectivity index (χ0n) is 18.1. The second-order valence-electron chi connectivity index (χ2n) is 7.75. The average Bonchev–Trinajstić information content (AvgIpc) is 3.23. The molecule has 1 aliphatic heterocycles. The number of ether oxygens (including phenoxy) is 1. The topological polar surface area (TPSA) is 70.7 Å². The first-order chi connectivity index (χ1) is 15.7. The minimum Gasteiger partial charge on any atom is -0.383 e. The Morgan fingerprint density at radius 1 is 0.938 bits per heavy atom. The van der Waals surface area contributed by atoms with Gasteiger partial charge in [0.15, 0.2) is 0 Å². The highest BCUT2D eigenvalue weighted by Crippen LogP contribution is 2.28. The monoisotopic (exact) mass is 429 g/mol. The van der Waals surface area contributed by atoms with Crippen LogP contribution in [0.25, 0.3) is 0 Å². The number of carbonyl (C=O) groups is 2. The number of hydrogen-bond donors (Lipinski definition) is 2. The van der Waals surface area contributed by atoms with E-state index in [1.165, 1.54) is 11.3 Å². The molecule has 0 aromatic heterocycles. The third kappa shape index (κ3) is 4.98. The van der Waals surface area contributed by atoms with Crippen LogP contribution in [0.5, 0.6) is 0 Å². The number of hydrogen-bond acceptors (Lipinski definition) is 4. The molecule has 0 spiro atoms. The minimum absolute atomic E-state index is 0.250. The number of nitrogens with zero attached hydrogens (tertiary/aromatic N) is 1. The van der Waals surface area contributed by atoms with Gasteiger partial charge in [0.25, 0.3) is 11.8 Å². The second-order valence-corrected chi connectivity index (χ2v) is 7.75. The van der Waals surface area contributed by atoms with Crippen molar-refractivity contribution < 1.29 is 14.3 Å². The molecule has 1 aliphatic rings. The van der Waals surface area contributed by atoms with Crippen molar-refractivity contribution in [3.63, 3.8) is 0 Å². The number of benzene rings is 3. The Kier molecular flexibility index (Phi) is 6.82. The fourth-order valence-electron chi connectivity index (χ4n) is 3.90. The van der Waals surface area contributed by atoms with Gasteiger partial charge in [-0.05, 0) is 47.9 Å². The van der Waals surface area contributed by atoms with E-state index >= 15 is 0 Å². The number of anilines is 2. The Morgan fingerprint density at radius 2 is 1.69 bits per heavy atom. The smallest absolute Gasteiger partial charge is 0.255 e. The molecular weight excluding hydrogens is 402 g/mol. The molecule has 0 radical (unpaired) electrons. The highest BCUT2D eigenvalue weighted by atomic mass is 16.5. The predicted octanol–water partition coefficient (Wildman–Crippen LogP) is 3.88. The quantitative estimate of drug-likeness (QED) is 0.533. The van der Waals surface area contributed by atoms with Crippen LogP contribution in [0, 0.1) is 0 Å². The van der Waals surface area contributed by atoms with E-state index < -0.39 is 0 Å². The Balaban J connectivity index is 1.40. The molecule has 0 bridgehead atoms. The van der Waals surface area contributed by atoms with Crippen LogP contribution in [0.3, 0.4) is 0 Å². The van der Waals surface area contributed by atoms with Gasteiger partial charge in [0.05, 0.1) is 17.9 Å². The lowest BCUT2D eigenvalue weighted by atomic mass is 10.1. The summed E-state index contributed by atoms with van der Waals surface area (Å²) in [5.41, 5.74) is 5.26. The number of amides is 2. The highest BCUT2D eigenvalue weighted by Gasteiger charge is 2.18. The first-order valence-corrected chi connectivity index (χ1v) is 10.7. The first-order valence-electron chi connectivity index (χ1n) is 10.7. The Bertz CT molecular complexity index is 1100. The van der Waals surface area contributed by atoms with Gasteiger partial charge in [0.1, 0.15) is 0 Å². The van der Waals surface area contributed by atoms with Crippen LogP contribution in [0.15, 0.2) is 72.8 Å². The SMILES string of the molecule is COCCNC(=O)c1ccccc1NC(=O)c1ccc(CN2CCc3ccccc32)cc1.